The predicted molar refractivity (Wildman–Crippen MR) is 86.6 cm³/mol. The average molecular weight is 602 g/mol. The molecule has 2 unspecified atom stereocenters. The van der Waals surface area contributed by atoms with Crippen LogP contribution in [0.3, 0.4) is 0 Å². The molecule has 1 fully saturated rings. The first kappa shape index (κ1) is 17.7. The van der Waals surface area contributed by atoms with Crippen molar-refractivity contribution < 1.29 is 14.5 Å². The normalized spacial score (nSPS) is 25.8. The van der Waals surface area contributed by atoms with E-state index < -0.39 is 0 Å². The van der Waals surface area contributed by atoms with Gasteiger partial charge in [-0.1, -0.05) is 6.92 Å². The minimum absolute atomic E-state index is 0.00111. The standard InChI is InChI=1S/C8H14N2O2.3HI.V/c1-5-6(2)9(3)8(12)10(4)7(5)11;;;;/h5-6H,1-4H3;3*1H;/q;;;;+3/p-3. The van der Waals surface area contributed by atoms with Crippen LogP contribution in [0.15, 0.2) is 0 Å². The fourth-order valence-corrected chi connectivity index (χ4v) is 1.35. The van der Waals surface area contributed by atoms with E-state index >= 15 is 0 Å². The van der Waals surface area contributed by atoms with Crippen molar-refractivity contribution in [3.8, 4) is 0 Å². The zero-order valence-electron chi connectivity index (χ0n) is 9.45. The summed E-state index contributed by atoms with van der Waals surface area (Å²) in [7, 11) is 3.23. The van der Waals surface area contributed by atoms with Crippen LogP contribution in [0.25, 0.3) is 0 Å². The number of nitrogens with zero attached hydrogens (tertiary/aromatic N) is 2. The van der Waals surface area contributed by atoms with Crippen LogP contribution < -0.4 is 0 Å². The van der Waals surface area contributed by atoms with Crippen LogP contribution in [-0.2, 0) is 9.72 Å². The zero-order chi connectivity index (χ0) is 13.0. The van der Waals surface area contributed by atoms with Gasteiger partial charge in [-0.15, -0.1) is 0 Å². The van der Waals surface area contributed by atoms with Gasteiger partial charge >= 0.3 is 70.9 Å². The number of carbonyl (C=O) groups excluding carboxylic acids is 2. The molecule has 0 aromatic heterocycles. The van der Waals surface area contributed by atoms with Gasteiger partial charge in [0, 0.05) is 20.1 Å². The molecule has 0 aliphatic carbocycles. The van der Waals surface area contributed by atoms with E-state index in [2.05, 4.69) is 59.9 Å². The SMILES string of the molecule is CC1C(=O)N(C)C(=O)N(C)C1C.[I][V]([I])[I]. The van der Waals surface area contributed by atoms with Crippen LogP contribution in [0.5, 0.6) is 0 Å². The molecule has 8 heteroatoms. The molecule has 1 aliphatic rings. The van der Waals surface area contributed by atoms with Gasteiger partial charge in [0.25, 0.3) is 0 Å². The Labute approximate surface area is 134 Å². The Bertz CT molecular complexity index is 253. The maximum atomic E-state index is 11.4. The number of halogens is 3. The molecule has 1 rings (SSSR count). The first-order chi connectivity index (χ1) is 7.20. The first-order valence-electron chi connectivity index (χ1n) is 4.52. The average Bonchev–Trinajstić information content (AvgIpc) is 2.20. The Morgan fingerprint density at radius 1 is 1.12 bits per heavy atom. The van der Waals surface area contributed by atoms with Crippen LogP contribution in [0.4, 0.5) is 4.79 Å². The number of hydrogen-bond acceptors (Lipinski definition) is 2. The van der Waals surface area contributed by atoms with Crippen molar-refractivity contribution in [3.05, 3.63) is 0 Å². The molecular weight excluding hydrogens is 588 g/mol. The molecule has 0 saturated carbocycles. The van der Waals surface area contributed by atoms with Gasteiger partial charge in [-0.25, -0.2) is 4.79 Å². The molecule has 1 aliphatic heterocycles. The summed E-state index contributed by atoms with van der Waals surface area (Å²) in [6.45, 7) is 3.72. The molecule has 0 spiro atoms. The van der Waals surface area contributed by atoms with E-state index in [4.69, 9.17) is 0 Å². The number of urea groups is 1. The van der Waals surface area contributed by atoms with Gasteiger partial charge in [-0.3, -0.25) is 9.69 Å². The van der Waals surface area contributed by atoms with Gasteiger partial charge in [0.15, 0.2) is 0 Å². The molecule has 16 heavy (non-hydrogen) atoms. The summed E-state index contributed by atoms with van der Waals surface area (Å²) in [5, 5.41) is 0. The van der Waals surface area contributed by atoms with Crippen molar-refractivity contribution in [3.63, 3.8) is 0 Å². The molecule has 0 bridgehead atoms. The van der Waals surface area contributed by atoms with Crippen LogP contribution in [0.1, 0.15) is 13.8 Å². The topological polar surface area (TPSA) is 40.6 Å². The number of carbonyl (C=O) groups is 2. The summed E-state index contributed by atoms with van der Waals surface area (Å²) in [6.07, 6.45) is 0. The Kier molecular flexibility index (Phi) is 8.86. The maximum absolute atomic E-state index is 11.4. The Morgan fingerprint density at radius 3 is 1.88 bits per heavy atom. The van der Waals surface area contributed by atoms with Gasteiger partial charge in [0.1, 0.15) is 0 Å². The quantitative estimate of drug-likeness (QED) is 0.401. The fourth-order valence-electron chi connectivity index (χ4n) is 1.35. The van der Waals surface area contributed by atoms with E-state index in [1.807, 2.05) is 13.8 Å². The second-order valence-electron chi connectivity index (χ2n) is 3.51. The Balaban J connectivity index is 0.000000487. The van der Waals surface area contributed by atoms with Crippen molar-refractivity contribution in [1.29, 1.82) is 0 Å². The summed E-state index contributed by atoms with van der Waals surface area (Å²) in [4.78, 5) is 25.2. The molecule has 0 radical (unpaired) electrons. The molecular formula is C8H14I3N2O2V. The van der Waals surface area contributed by atoms with Crippen molar-refractivity contribution in [2.45, 2.75) is 19.9 Å². The monoisotopic (exact) mass is 602 g/mol. The van der Waals surface area contributed by atoms with Gasteiger partial charge in [-0.05, 0) is 6.92 Å². The van der Waals surface area contributed by atoms with Gasteiger partial charge in [0.2, 0.25) is 5.91 Å². The summed E-state index contributed by atoms with van der Waals surface area (Å²) < 4.78 is 0. The molecule has 0 N–H and O–H groups in total. The molecule has 94 valence electrons. The molecule has 0 aromatic rings. The Hall–Kier alpha value is 1.71. The molecule has 3 amide bonds. The summed E-state index contributed by atoms with van der Waals surface area (Å²) in [6, 6.07) is -0.216. The molecule has 1 heterocycles. The summed E-state index contributed by atoms with van der Waals surface area (Å²) >= 11 is 7.39. The number of imide groups is 1. The number of hydrogen-bond donors (Lipinski definition) is 0. The van der Waals surface area contributed by atoms with E-state index in [0.29, 0.717) is 0 Å². The first-order valence-corrected chi connectivity index (χ1v) is 18.0. The molecule has 2 atom stereocenters. The number of rotatable bonds is 0. The fraction of sp³-hybridized carbons (Fsp3) is 0.750. The molecule has 4 nitrogen and oxygen atoms in total. The van der Waals surface area contributed by atoms with Crippen molar-refractivity contribution in [2.24, 2.45) is 5.92 Å². The van der Waals surface area contributed by atoms with Crippen LogP contribution >= 0.6 is 59.9 Å². The number of amides is 3. The third kappa shape index (κ3) is 5.15. The second kappa shape index (κ2) is 8.00. The van der Waals surface area contributed by atoms with E-state index in [-0.39, 0.29) is 28.8 Å². The van der Waals surface area contributed by atoms with E-state index in [1.54, 1.807) is 11.9 Å². The summed E-state index contributed by atoms with van der Waals surface area (Å²) in [5.41, 5.74) is 0. The van der Waals surface area contributed by atoms with E-state index in [0.717, 1.165) is 0 Å². The Morgan fingerprint density at radius 2 is 1.50 bits per heavy atom. The van der Waals surface area contributed by atoms with Crippen molar-refractivity contribution in [2.75, 3.05) is 14.1 Å². The van der Waals surface area contributed by atoms with Gasteiger partial charge < -0.3 is 4.90 Å². The van der Waals surface area contributed by atoms with Crippen molar-refractivity contribution >= 4 is 71.9 Å². The van der Waals surface area contributed by atoms with Crippen LogP contribution in [0, 0.1) is 5.92 Å². The van der Waals surface area contributed by atoms with Crippen LogP contribution in [-0.4, -0.2) is 41.9 Å². The van der Waals surface area contributed by atoms with E-state index in [1.165, 1.54) is 11.9 Å². The van der Waals surface area contributed by atoms with E-state index in [9.17, 15) is 9.59 Å². The predicted octanol–water partition coefficient (Wildman–Crippen LogP) is 3.19. The van der Waals surface area contributed by atoms with Gasteiger partial charge in [0.05, 0.1) is 5.92 Å². The van der Waals surface area contributed by atoms with Crippen molar-refractivity contribution in [1.82, 2.24) is 9.80 Å². The third-order valence-corrected chi connectivity index (χ3v) is 2.64. The molecule has 1 saturated heterocycles. The summed E-state index contributed by atoms with van der Waals surface area (Å²) in [5.74, 6) is -0.191. The second-order valence-corrected chi connectivity index (χ2v) is 38.9. The molecule has 0 aromatic carbocycles. The minimum atomic E-state index is -0.278. The third-order valence-electron chi connectivity index (χ3n) is 2.64. The van der Waals surface area contributed by atoms with Crippen LogP contribution in [0.2, 0.25) is 0 Å². The van der Waals surface area contributed by atoms with Gasteiger partial charge in [-0.2, -0.15) is 0 Å². The zero-order valence-corrected chi connectivity index (χ0v) is 17.3.